The number of carbonyl (C=O) groups is 1. The molecule has 1 amide bonds. The Morgan fingerprint density at radius 1 is 1.21 bits per heavy atom. The van der Waals surface area contributed by atoms with Crippen LogP contribution < -0.4 is 10.1 Å². The maximum atomic E-state index is 13.0. The first-order chi connectivity index (χ1) is 13.8. The quantitative estimate of drug-likeness (QED) is 0.557. The molecule has 3 rings (SSSR count). The summed E-state index contributed by atoms with van der Waals surface area (Å²) in [5.74, 6) is -0.491. The van der Waals surface area contributed by atoms with E-state index in [0.29, 0.717) is 0 Å². The lowest BCUT2D eigenvalue weighted by Crippen LogP contribution is -2.40. The highest BCUT2D eigenvalue weighted by atomic mass is 32.2. The van der Waals surface area contributed by atoms with Crippen molar-refractivity contribution in [3.05, 3.63) is 58.1 Å². The minimum Gasteiger partial charge on any atom is -0.495 e. The van der Waals surface area contributed by atoms with Gasteiger partial charge in [-0.3, -0.25) is 14.9 Å². The lowest BCUT2D eigenvalue weighted by atomic mass is 10.2. The van der Waals surface area contributed by atoms with Gasteiger partial charge in [0.1, 0.15) is 10.6 Å². The topological polar surface area (TPSA) is 128 Å². The van der Waals surface area contributed by atoms with Crippen LogP contribution >= 0.6 is 0 Å². The number of non-ortho nitro benzene ring substituents is 1. The zero-order chi connectivity index (χ0) is 21.0. The molecule has 0 unspecified atom stereocenters. The van der Waals surface area contributed by atoms with E-state index in [1.807, 2.05) is 0 Å². The first-order valence-corrected chi connectivity index (χ1v) is 10.1. The maximum absolute atomic E-state index is 13.0. The molecule has 2 aromatic rings. The molecule has 1 heterocycles. The van der Waals surface area contributed by atoms with Crippen LogP contribution in [-0.4, -0.2) is 57.0 Å². The van der Waals surface area contributed by atoms with E-state index in [1.165, 1.54) is 53.9 Å². The summed E-state index contributed by atoms with van der Waals surface area (Å²) in [7, 11) is -2.55. The van der Waals surface area contributed by atoms with E-state index in [9.17, 15) is 23.3 Å². The number of rotatable bonds is 6. The van der Waals surface area contributed by atoms with E-state index in [1.54, 1.807) is 0 Å². The van der Waals surface area contributed by atoms with Crippen LogP contribution in [0.4, 0.5) is 11.4 Å². The fourth-order valence-electron chi connectivity index (χ4n) is 2.85. The molecule has 29 heavy (non-hydrogen) atoms. The first kappa shape index (κ1) is 20.7. The summed E-state index contributed by atoms with van der Waals surface area (Å²) < 4.78 is 37.6. The molecule has 0 spiro atoms. The van der Waals surface area contributed by atoms with E-state index in [2.05, 4.69) is 5.32 Å². The van der Waals surface area contributed by atoms with Gasteiger partial charge in [-0.2, -0.15) is 4.31 Å². The number of amides is 1. The van der Waals surface area contributed by atoms with Crippen LogP contribution in [0.1, 0.15) is 10.4 Å². The van der Waals surface area contributed by atoms with Gasteiger partial charge >= 0.3 is 0 Å². The van der Waals surface area contributed by atoms with Crippen LogP contribution in [-0.2, 0) is 14.8 Å². The molecule has 1 aliphatic rings. The Kier molecular flexibility index (Phi) is 6.11. The Hall–Kier alpha value is -3.02. The number of sulfonamides is 1. The van der Waals surface area contributed by atoms with Crippen molar-refractivity contribution in [2.24, 2.45) is 0 Å². The molecule has 0 saturated carbocycles. The van der Waals surface area contributed by atoms with Crippen LogP contribution in [0.2, 0.25) is 0 Å². The minimum atomic E-state index is -3.89. The van der Waals surface area contributed by atoms with E-state index in [4.69, 9.17) is 9.47 Å². The molecule has 0 radical (unpaired) electrons. The Morgan fingerprint density at radius 2 is 1.93 bits per heavy atom. The normalized spacial score (nSPS) is 14.9. The van der Waals surface area contributed by atoms with Gasteiger partial charge in [0.2, 0.25) is 10.0 Å². The lowest BCUT2D eigenvalue weighted by molar-refractivity contribution is -0.384. The highest BCUT2D eigenvalue weighted by Crippen LogP contribution is 2.29. The summed E-state index contributed by atoms with van der Waals surface area (Å²) >= 11 is 0. The van der Waals surface area contributed by atoms with Crippen molar-refractivity contribution in [1.82, 2.24) is 4.31 Å². The SMILES string of the molecule is COc1ccc(C(=O)Nc2cccc([N+](=O)[O-])c2)cc1S(=O)(=O)N1CCOCC1. The Balaban J connectivity index is 1.91. The largest absolute Gasteiger partial charge is 0.495 e. The van der Waals surface area contributed by atoms with E-state index in [-0.39, 0.29) is 53.9 Å². The second kappa shape index (κ2) is 8.55. The molecule has 1 fully saturated rings. The van der Waals surface area contributed by atoms with Crippen LogP contribution in [0.25, 0.3) is 0 Å². The van der Waals surface area contributed by atoms with Crippen molar-refractivity contribution in [3.8, 4) is 5.75 Å². The molecule has 1 N–H and O–H groups in total. The van der Waals surface area contributed by atoms with Crippen molar-refractivity contribution in [3.63, 3.8) is 0 Å². The van der Waals surface area contributed by atoms with Crippen LogP contribution in [0.15, 0.2) is 47.4 Å². The zero-order valence-electron chi connectivity index (χ0n) is 15.5. The molecule has 1 saturated heterocycles. The monoisotopic (exact) mass is 421 g/mol. The summed E-state index contributed by atoms with van der Waals surface area (Å²) in [6.45, 7) is 0.980. The number of nitro groups is 1. The Morgan fingerprint density at radius 3 is 2.59 bits per heavy atom. The third-order valence-electron chi connectivity index (χ3n) is 4.33. The Bertz CT molecular complexity index is 1030. The smallest absolute Gasteiger partial charge is 0.271 e. The molecule has 0 bridgehead atoms. The Labute approximate surface area is 167 Å². The van der Waals surface area contributed by atoms with Crippen molar-refractivity contribution in [2.75, 3.05) is 38.7 Å². The van der Waals surface area contributed by atoms with E-state index in [0.717, 1.165) is 0 Å². The number of benzene rings is 2. The molecule has 0 aliphatic carbocycles. The standard InChI is InChI=1S/C18H19N3O7S/c1-27-16-6-5-13(11-17(16)29(25,26)20-7-9-28-10-8-20)18(22)19-14-3-2-4-15(12-14)21(23)24/h2-6,11-12H,7-10H2,1H3,(H,19,22). The van der Waals surface area contributed by atoms with Gasteiger partial charge in [0.15, 0.2) is 0 Å². The molecule has 0 atom stereocenters. The highest BCUT2D eigenvalue weighted by Gasteiger charge is 2.30. The predicted octanol–water partition coefficient (Wildman–Crippen LogP) is 1.88. The summed E-state index contributed by atoms with van der Waals surface area (Å²) in [5.41, 5.74) is 0.120. The first-order valence-electron chi connectivity index (χ1n) is 8.64. The molecule has 154 valence electrons. The third-order valence-corrected chi connectivity index (χ3v) is 6.25. The average Bonchev–Trinajstić information content (AvgIpc) is 2.74. The third kappa shape index (κ3) is 4.53. The van der Waals surface area contributed by atoms with Gasteiger partial charge in [-0.15, -0.1) is 0 Å². The molecule has 0 aromatic heterocycles. The number of methoxy groups -OCH3 is 1. The summed E-state index contributed by atoms with van der Waals surface area (Å²) in [6, 6.07) is 9.51. The van der Waals surface area contributed by atoms with Gasteiger partial charge in [0.25, 0.3) is 11.6 Å². The number of carbonyl (C=O) groups excluding carboxylic acids is 1. The molecular formula is C18H19N3O7S. The van der Waals surface area contributed by atoms with Gasteiger partial charge in [-0.1, -0.05) is 6.07 Å². The second-order valence-corrected chi connectivity index (χ2v) is 8.05. The molecular weight excluding hydrogens is 402 g/mol. The zero-order valence-corrected chi connectivity index (χ0v) is 16.3. The van der Waals surface area contributed by atoms with E-state index < -0.39 is 20.9 Å². The van der Waals surface area contributed by atoms with Crippen molar-refractivity contribution in [1.29, 1.82) is 0 Å². The molecule has 2 aromatic carbocycles. The van der Waals surface area contributed by atoms with Gasteiger partial charge in [-0.05, 0) is 24.3 Å². The number of ether oxygens (including phenoxy) is 2. The van der Waals surface area contributed by atoms with Gasteiger partial charge in [0, 0.05) is 36.5 Å². The highest BCUT2D eigenvalue weighted by molar-refractivity contribution is 7.89. The van der Waals surface area contributed by atoms with Crippen LogP contribution in [0.5, 0.6) is 5.75 Å². The molecule has 10 nitrogen and oxygen atoms in total. The lowest BCUT2D eigenvalue weighted by Gasteiger charge is -2.26. The fourth-order valence-corrected chi connectivity index (χ4v) is 4.44. The summed E-state index contributed by atoms with van der Waals surface area (Å²) in [5, 5.41) is 13.4. The molecule has 1 aliphatic heterocycles. The van der Waals surface area contributed by atoms with Crippen LogP contribution in [0, 0.1) is 10.1 Å². The van der Waals surface area contributed by atoms with Crippen molar-refractivity contribution in [2.45, 2.75) is 4.90 Å². The van der Waals surface area contributed by atoms with Gasteiger partial charge < -0.3 is 14.8 Å². The van der Waals surface area contributed by atoms with Crippen molar-refractivity contribution < 1.29 is 27.6 Å². The van der Waals surface area contributed by atoms with Crippen molar-refractivity contribution >= 4 is 27.3 Å². The summed E-state index contributed by atoms with van der Waals surface area (Å²) in [6.07, 6.45) is 0. The number of nitrogens with one attached hydrogen (secondary N) is 1. The van der Waals surface area contributed by atoms with Gasteiger partial charge in [0.05, 0.1) is 25.2 Å². The number of nitro benzene ring substituents is 1. The number of hydrogen-bond acceptors (Lipinski definition) is 7. The molecule has 11 heteroatoms. The fraction of sp³-hybridized carbons (Fsp3) is 0.278. The summed E-state index contributed by atoms with van der Waals surface area (Å²) in [4.78, 5) is 22.8. The second-order valence-electron chi connectivity index (χ2n) is 6.14. The number of hydrogen-bond donors (Lipinski definition) is 1. The predicted molar refractivity (Wildman–Crippen MR) is 104 cm³/mol. The number of nitrogens with zero attached hydrogens (tertiary/aromatic N) is 2. The minimum absolute atomic E-state index is 0.0733. The number of morpholine rings is 1. The maximum Gasteiger partial charge on any atom is 0.271 e. The number of anilines is 1. The average molecular weight is 421 g/mol. The van der Waals surface area contributed by atoms with Gasteiger partial charge in [-0.25, -0.2) is 8.42 Å². The van der Waals surface area contributed by atoms with E-state index >= 15 is 0 Å². The van der Waals surface area contributed by atoms with Crippen LogP contribution in [0.3, 0.4) is 0 Å².